The van der Waals surface area contributed by atoms with Gasteiger partial charge in [-0.2, -0.15) is 0 Å². The van der Waals surface area contributed by atoms with Crippen LogP contribution in [-0.4, -0.2) is 24.0 Å². The van der Waals surface area contributed by atoms with E-state index in [0.29, 0.717) is 22.6 Å². The van der Waals surface area contributed by atoms with Gasteiger partial charge in [-0.15, -0.1) is 0 Å². The zero-order valence-electron chi connectivity index (χ0n) is 15.3. The summed E-state index contributed by atoms with van der Waals surface area (Å²) >= 11 is 3.17. The van der Waals surface area contributed by atoms with Crippen molar-refractivity contribution in [2.45, 2.75) is 6.92 Å². The number of hydrogen-bond acceptors (Lipinski definition) is 7. The average Bonchev–Trinajstić information content (AvgIpc) is 3.03. The van der Waals surface area contributed by atoms with Gasteiger partial charge in [0.25, 0.3) is 0 Å². The summed E-state index contributed by atoms with van der Waals surface area (Å²) in [5.41, 5.74) is 0.850. The molecule has 3 rings (SSSR count). The average molecular weight is 460 g/mol. The van der Waals surface area contributed by atoms with Crippen LogP contribution in [-0.2, 0) is 14.3 Å². The summed E-state index contributed by atoms with van der Waals surface area (Å²) in [6.45, 7) is 1.14. The molecule has 0 aromatic heterocycles. The number of nitro benzene ring substituents is 1. The van der Waals surface area contributed by atoms with Gasteiger partial charge in [-0.1, -0.05) is 0 Å². The minimum Gasteiger partial charge on any atom is -0.497 e. The molecule has 2 aromatic carbocycles. The molecule has 0 saturated carbocycles. The monoisotopic (exact) mass is 459 g/mol. The molecule has 0 fully saturated rings. The Labute approximate surface area is 173 Å². The van der Waals surface area contributed by atoms with Crippen LogP contribution in [0.25, 0.3) is 11.8 Å². The molecule has 29 heavy (non-hydrogen) atoms. The van der Waals surface area contributed by atoms with Crippen molar-refractivity contribution in [1.29, 1.82) is 0 Å². The lowest BCUT2D eigenvalue weighted by molar-refractivity contribution is -0.385. The molecular formula is C20H14BrNO7. The van der Waals surface area contributed by atoms with E-state index in [2.05, 4.69) is 15.9 Å². The third-order valence-electron chi connectivity index (χ3n) is 3.91. The molecule has 0 atom stereocenters. The zero-order chi connectivity index (χ0) is 21.1. The van der Waals surface area contributed by atoms with Gasteiger partial charge in [-0.3, -0.25) is 14.9 Å². The molecule has 1 aliphatic heterocycles. The van der Waals surface area contributed by atoms with Crippen LogP contribution in [0.1, 0.15) is 18.1 Å². The van der Waals surface area contributed by atoms with E-state index < -0.39 is 22.5 Å². The molecule has 1 aliphatic rings. The molecule has 1 heterocycles. The fourth-order valence-electron chi connectivity index (χ4n) is 2.63. The second-order valence-electron chi connectivity index (χ2n) is 5.93. The number of halogens is 1. The van der Waals surface area contributed by atoms with Gasteiger partial charge in [0.1, 0.15) is 11.5 Å². The van der Waals surface area contributed by atoms with Crippen LogP contribution < -0.4 is 9.47 Å². The number of carbonyl (C=O) groups is 2. The quantitative estimate of drug-likeness (QED) is 0.216. The van der Waals surface area contributed by atoms with E-state index in [1.165, 1.54) is 18.2 Å². The number of hydrogen-bond donors (Lipinski definition) is 0. The Balaban J connectivity index is 1.98. The van der Waals surface area contributed by atoms with E-state index in [9.17, 15) is 19.7 Å². The third-order valence-corrected chi connectivity index (χ3v) is 4.50. The van der Waals surface area contributed by atoms with E-state index in [0.717, 1.165) is 6.92 Å². The van der Waals surface area contributed by atoms with Crippen LogP contribution in [0.3, 0.4) is 0 Å². The molecule has 0 amide bonds. The van der Waals surface area contributed by atoms with Crippen molar-refractivity contribution >= 4 is 45.4 Å². The summed E-state index contributed by atoms with van der Waals surface area (Å²) in [4.78, 5) is 34.1. The number of nitro groups is 1. The maximum Gasteiger partial charge on any atom is 0.343 e. The molecule has 0 aliphatic carbocycles. The van der Waals surface area contributed by atoms with Crippen molar-refractivity contribution in [3.05, 3.63) is 73.8 Å². The molecule has 0 N–H and O–H groups in total. The first-order valence-electron chi connectivity index (χ1n) is 8.25. The first-order valence-corrected chi connectivity index (χ1v) is 9.04. The second-order valence-corrected chi connectivity index (χ2v) is 6.78. The lowest BCUT2D eigenvalue weighted by Crippen LogP contribution is -2.05. The van der Waals surface area contributed by atoms with E-state index in [1.54, 1.807) is 37.5 Å². The highest BCUT2D eigenvalue weighted by atomic mass is 79.9. The molecule has 0 unspecified atom stereocenters. The van der Waals surface area contributed by atoms with Crippen molar-refractivity contribution in [2.24, 2.45) is 0 Å². The molecule has 148 valence electrons. The molecule has 8 nitrogen and oxygen atoms in total. The van der Waals surface area contributed by atoms with Crippen LogP contribution in [0.15, 0.2) is 52.5 Å². The van der Waals surface area contributed by atoms with Crippen molar-refractivity contribution in [3.63, 3.8) is 0 Å². The minimum absolute atomic E-state index is 0.201. The largest absolute Gasteiger partial charge is 0.497 e. The highest BCUT2D eigenvalue weighted by Gasteiger charge is 2.25. The van der Waals surface area contributed by atoms with Gasteiger partial charge < -0.3 is 14.2 Å². The summed E-state index contributed by atoms with van der Waals surface area (Å²) in [6, 6.07) is 9.68. The number of nitrogens with zero attached hydrogens (tertiary/aromatic N) is 1. The lowest BCUT2D eigenvalue weighted by Gasteiger charge is -2.06. The number of esters is 2. The summed E-state index contributed by atoms with van der Waals surface area (Å²) in [5.74, 6) is -0.452. The first-order chi connectivity index (χ1) is 13.8. The zero-order valence-corrected chi connectivity index (χ0v) is 16.9. The molecule has 0 saturated heterocycles. The van der Waals surface area contributed by atoms with Crippen LogP contribution in [0.4, 0.5) is 5.69 Å². The van der Waals surface area contributed by atoms with E-state index in [4.69, 9.17) is 14.2 Å². The van der Waals surface area contributed by atoms with Crippen molar-refractivity contribution < 1.29 is 28.7 Å². The number of cyclic esters (lactones) is 1. The van der Waals surface area contributed by atoms with Gasteiger partial charge in [0.15, 0.2) is 0 Å². The number of rotatable bonds is 5. The van der Waals surface area contributed by atoms with Gasteiger partial charge in [0.05, 0.1) is 22.1 Å². The third kappa shape index (κ3) is 4.52. The summed E-state index contributed by atoms with van der Waals surface area (Å²) < 4.78 is 15.5. The maximum absolute atomic E-state index is 12.2. The fourth-order valence-corrected chi connectivity index (χ4v) is 3.18. The van der Waals surface area contributed by atoms with Crippen LogP contribution in [0.2, 0.25) is 0 Å². The van der Waals surface area contributed by atoms with Crippen molar-refractivity contribution in [2.75, 3.05) is 7.11 Å². The summed E-state index contributed by atoms with van der Waals surface area (Å²) in [7, 11) is 1.55. The van der Waals surface area contributed by atoms with E-state index in [-0.39, 0.29) is 15.8 Å². The van der Waals surface area contributed by atoms with Crippen LogP contribution in [0.5, 0.6) is 11.5 Å². The van der Waals surface area contributed by atoms with Crippen molar-refractivity contribution in [1.82, 2.24) is 0 Å². The van der Waals surface area contributed by atoms with E-state index >= 15 is 0 Å². The van der Waals surface area contributed by atoms with Gasteiger partial charge in [0, 0.05) is 18.6 Å². The van der Waals surface area contributed by atoms with Crippen LogP contribution >= 0.6 is 15.9 Å². The highest BCUT2D eigenvalue weighted by molar-refractivity contribution is 9.10. The smallest absolute Gasteiger partial charge is 0.343 e. The number of ether oxygens (including phenoxy) is 3. The topological polar surface area (TPSA) is 105 Å². The maximum atomic E-state index is 12.2. The van der Waals surface area contributed by atoms with Gasteiger partial charge in [-0.05, 0) is 64.0 Å². The first kappa shape index (κ1) is 20.3. The SMILES string of the molecule is COc1ccc(C2=C/C(=C\c3cc(Br)c(OC(C)=O)c([N+](=O)[O-])c3)C(=O)O2)cc1. The Hall–Kier alpha value is -3.46. The molecule has 2 aromatic rings. The fraction of sp³-hybridized carbons (Fsp3) is 0.100. The Morgan fingerprint density at radius 3 is 2.52 bits per heavy atom. The predicted molar refractivity (Wildman–Crippen MR) is 107 cm³/mol. The summed E-state index contributed by atoms with van der Waals surface area (Å²) in [5, 5.41) is 11.4. The van der Waals surface area contributed by atoms with Crippen molar-refractivity contribution in [3.8, 4) is 11.5 Å². The number of carbonyl (C=O) groups excluding carboxylic acids is 2. The Bertz CT molecular complexity index is 1070. The Morgan fingerprint density at radius 1 is 1.24 bits per heavy atom. The molecule has 0 spiro atoms. The molecular weight excluding hydrogens is 446 g/mol. The second kappa shape index (κ2) is 8.27. The Morgan fingerprint density at radius 2 is 1.93 bits per heavy atom. The minimum atomic E-state index is -0.689. The standard InChI is InChI=1S/C20H14BrNO7/c1-11(23)28-19-16(21)8-12(9-17(19)22(25)26)7-14-10-18(29-20(14)24)13-3-5-15(27-2)6-4-13/h3-10H,1-2H3/b14-7+. The molecule has 0 radical (unpaired) electrons. The number of benzene rings is 2. The summed E-state index contributed by atoms with van der Waals surface area (Å²) in [6.07, 6.45) is 3.00. The molecule has 9 heteroatoms. The number of methoxy groups -OCH3 is 1. The van der Waals surface area contributed by atoms with Gasteiger partial charge >= 0.3 is 17.6 Å². The molecule has 0 bridgehead atoms. The van der Waals surface area contributed by atoms with Gasteiger partial charge in [-0.25, -0.2) is 4.79 Å². The lowest BCUT2D eigenvalue weighted by atomic mass is 10.1. The van der Waals surface area contributed by atoms with Gasteiger partial charge in [0.2, 0.25) is 5.75 Å². The van der Waals surface area contributed by atoms with E-state index in [1.807, 2.05) is 0 Å². The normalized spacial score (nSPS) is 14.4. The Kier molecular flexibility index (Phi) is 5.79. The van der Waals surface area contributed by atoms with Crippen LogP contribution in [0, 0.1) is 10.1 Å². The predicted octanol–water partition coefficient (Wildman–Crippen LogP) is 4.27. The highest BCUT2D eigenvalue weighted by Crippen LogP contribution is 2.38.